The summed E-state index contributed by atoms with van der Waals surface area (Å²) in [6, 6.07) is 22.9. The Kier molecular flexibility index (Phi) is 13.4. The zero-order valence-corrected chi connectivity index (χ0v) is 34.4. The van der Waals surface area contributed by atoms with Gasteiger partial charge < -0.3 is 20.9 Å². The lowest BCUT2D eigenvalue weighted by Crippen LogP contribution is -2.33. The van der Waals surface area contributed by atoms with Gasteiger partial charge in [0.15, 0.2) is 12.6 Å². The van der Waals surface area contributed by atoms with Crippen molar-refractivity contribution >= 4 is 89.2 Å². The van der Waals surface area contributed by atoms with Crippen LogP contribution in [-0.4, -0.2) is 50.6 Å². The first-order valence-corrected chi connectivity index (χ1v) is 18.9. The first-order valence-electron chi connectivity index (χ1n) is 16.6. The van der Waals surface area contributed by atoms with Crippen molar-refractivity contribution in [1.82, 2.24) is 5.32 Å². The third-order valence-corrected chi connectivity index (χ3v) is 10.5. The summed E-state index contributed by atoms with van der Waals surface area (Å²) in [6.07, 6.45) is 1.60. The van der Waals surface area contributed by atoms with Crippen LogP contribution in [0.2, 0.25) is 0 Å². The lowest BCUT2D eigenvalue weighted by molar-refractivity contribution is 0.0955. The molecule has 0 bridgehead atoms. The second-order valence-electron chi connectivity index (χ2n) is 14.1. The number of fused-ring (bicyclic) bond motifs is 2. The van der Waals surface area contributed by atoms with Crippen LogP contribution in [-0.2, 0) is 10.8 Å². The molecule has 11 heteroatoms. The highest BCUT2D eigenvalue weighted by Crippen LogP contribution is 2.33. The summed E-state index contributed by atoms with van der Waals surface area (Å²) in [5, 5.41) is 9.50. The van der Waals surface area contributed by atoms with Gasteiger partial charge >= 0.3 is 0 Å². The summed E-state index contributed by atoms with van der Waals surface area (Å²) in [7, 11) is 0. The number of benzene rings is 4. The van der Waals surface area contributed by atoms with Crippen LogP contribution in [0.1, 0.15) is 94.1 Å². The van der Waals surface area contributed by atoms with Gasteiger partial charge in [0, 0.05) is 56.5 Å². The maximum atomic E-state index is 13.1. The summed E-state index contributed by atoms with van der Waals surface area (Å²) in [4.78, 5) is 48.4. The highest BCUT2D eigenvalue weighted by atomic mass is 79.9. The predicted molar refractivity (Wildman–Crippen MR) is 218 cm³/mol. The third-order valence-electron chi connectivity index (χ3n) is 8.42. The lowest BCUT2D eigenvalue weighted by atomic mass is 9.86. The molecule has 0 spiro atoms. The van der Waals surface area contributed by atoms with Gasteiger partial charge in [-0.05, 0) is 86.4 Å². The van der Waals surface area contributed by atoms with Gasteiger partial charge in [-0.2, -0.15) is 0 Å². The summed E-state index contributed by atoms with van der Waals surface area (Å²) in [6.45, 7) is 15.5. The molecule has 8 nitrogen and oxygen atoms in total. The number of rotatable bonds is 3. The van der Waals surface area contributed by atoms with Crippen LogP contribution >= 0.6 is 47.8 Å². The Morgan fingerprint density at radius 3 is 1.61 bits per heavy atom. The molecule has 6 rings (SSSR count). The summed E-state index contributed by atoms with van der Waals surface area (Å²) >= 11 is 9.88. The molecular weight excluding hydrogens is 840 g/mol. The standard InChI is InChI=1S/C20H21BrN2O2.C13H18N2O.C7H4Br2O/c1-20(2,3)13-7-8-14-17(11-13)22-9-10-23(19(14)25)18-6-4-5-16(21)15(18)12-24;1-13(2,3)9-4-5-10-11(8-9)14-6-7-15-12(10)16;8-6-2-1-3-7(9)5(6)4-10/h4-8,11-12,22H,9-10H2,1-3H3;4-5,8,14H,6-7H2,1-3H3,(H,15,16);1-4H. The van der Waals surface area contributed by atoms with Crippen molar-refractivity contribution in [3.63, 3.8) is 0 Å². The highest BCUT2D eigenvalue weighted by Gasteiger charge is 2.27. The van der Waals surface area contributed by atoms with Crippen LogP contribution < -0.4 is 20.9 Å². The van der Waals surface area contributed by atoms with Gasteiger partial charge in [-0.3, -0.25) is 19.2 Å². The minimum Gasteiger partial charge on any atom is -0.383 e. The smallest absolute Gasteiger partial charge is 0.260 e. The van der Waals surface area contributed by atoms with Gasteiger partial charge in [0.1, 0.15) is 0 Å². The first kappa shape index (κ1) is 40.0. The van der Waals surface area contributed by atoms with E-state index >= 15 is 0 Å². The Morgan fingerprint density at radius 2 is 1.08 bits per heavy atom. The van der Waals surface area contributed by atoms with E-state index in [0.29, 0.717) is 46.5 Å². The molecular formula is C40H43Br3N4O4. The van der Waals surface area contributed by atoms with Crippen LogP contribution in [0, 0.1) is 0 Å². The Labute approximate surface area is 325 Å². The SMILES string of the molecule is CC(C)(C)c1ccc2c(c1)NCCN(c1cccc(Br)c1C=O)C2=O.CC(C)(C)c1ccc2c(c1)NCCNC2=O.O=Cc1c(Br)cccc1Br. The molecule has 0 saturated carbocycles. The second kappa shape index (κ2) is 17.1. The van der Waals surface area contributed by atoms with Crippen LogP contribution in [0.4, 0.5) is 17.1 Å². The molecule has 268 valence electrons. The molecule has 0 aliphatic carbocycles. The number of halogens is 3. The molecule has 0 unspecified atom stereocenters. The van der Waals surface area contributed by atoms with E-state index < -0.39 is 0 Å². The quantitative estimate of drug-likeness (QED) is 0.177. The van der Waals surface area contributed by atoms with E-state index in [-0.39, 0.29) is 22.6 Å². The van der Waals surface area contributed by atoms with Crippen molar-refractivity contribution in [2.24, 2.45) is 0 Å². The summed E-state index contributed by atoms with van der Waals surface area (Å²) < 4.78 is 2.32. The van der Waals surface area contributed by atoms with Gasteiger partial charge in [0.2, 0.25) is 0 Å². The Balaban J connectivity index is 0.000000191. The number of hydrogen-bond acceptors (Lipinski definition) is 6. The molecule has 2 heterocycles. The van der Waals surface area contributed by atoms with E-state index in [1.165, 1.54) is 11.1 Å². The predicted octanol–water partition coefficient (Wildman–Crippen LogP) is 9.79. The Morgan fingerprint density at radius 1 is 0.608 bits per heavy atom. The lowest BCUT2D eigenvalue weighted by Gasteiger charge is -2.23. The number of nitrogens with one attached hydrogen (secondary N) is 3. The van der Waals surface area contributed by atoms with Crippen LogP contribution in [0.25, 0.3) is 0 Å². The van der Waals surface area contributed by atoms with Gasteiger partial charge in [0.05, 0.1) is 22.4 Å². The maximum absolute atomic E-state index is 13.1. The van der Waals surface area contributed by atoms with E-state index in [4.69, 9.17) is 0 Å². The molecule has 0 atom stereocenters. The van der Waals surface area contributed by atoms with E-state index in [1.54, 1.807) is 17.0 Å². The molecule has 51 heavy (non-hydrogen) atoms. The zero-order chi connectivity index (χ0) is 37.5. The summed E-state index contributed by atoms with van der Waals surface area (Å²) in [5.74, 6) is -0.0814. The zero-order valence-electron chi connectivity index (χ0n) is 29.6. The number of carbonyl (C=O) groups excluding carboxylic acids is 4. The van der Waals surface area contributed by atoms with E-state index in [2.05, 4.69) is 117 Å². The Hall–Kier alpha value is -3.80. The van der Waals surface area contributed by atoms with Gasteiger partial charge in [-0.25, -0.2) is 0 Å². The molecule has 0 radical (unpaired) electrons. The maximum Gasteiger partial charge on any atom is 0.260 e. The van der Waals surface area contributed by atoms with Gasteiger partial charge in [0.25, 0.3) is 11.8 Å². The van der Waals surface area contributed by atoms with Gasteiger partial charge in [-0.1, -0.05) is 97.7 Å². The van der Waals surface area contributed by atoms with Crippen molar-refractivity contribution in [3.8, 4) is 0 Å². The van der Waals surface area contributed by atoms with Crippen LogP contribution in [0.3, 0.4) is 0 Å². The molecule has 0 saturated heterocycles. The van der Waals surface area contributed by atoms with Crippen molar-refractivity contribution in [3.05, 3.63) is 120 Å². The number of hydrogen-bond donors (Lipinski definition) is 3. The van der Waals surface area contributed by atoms with E-state index in [9.17, 15) is 19.2 Å². The molecule has 0 aromatic heterocycles. The van der Waals surface area contributed by atoms with Crippen LogP contribution in [0.5, 0.6) is 0 Å². The molecule has 4 aromatic rings. The van der Waals surface area contributed by atoms with Crippen LogP contribution in [0.15, 0.2) is 86.2 Å². The minimum atomic E-state index is -0.0957. The molecule has 2 aliphatic heterocycles. The third kappa shape index (κ3) is 9.96. The summed E-state index contributed by atoms with van der Waals surface area (Å²) in [5.41, 5.74) is 7.49. The number of carbonyl (C=O) groups is 4. The largest absolute Gasteiger partial charge is 0.383 e. The van der Waals surface area contributed by atoms with Crippen molar-refractivity contribution in [2.45, 2.75) is 52.4 Å². The number of nitrogens with zero attached hydrogens (tertiary/aromatic N) is 1. The topological polar surface area (TPSA) is 108 Å². The number of anilines is 3. The molecule has 2 aliphatic rings. The minimum absolute atomic E-state index is 0.0143. The fraction of sp³-hybridized carbons (Fsp3) is 0.300. The normalized spacial score (nSPS) is 13.9. The van der Waals surface area contributed by atoms with E-state index in [0.717, 1.165) is 45.0 Å². The highest BCUT2D eigenvalue weighted by molar-refractivity contribution is 9.11. The van der Waals surface area contributed by atoms with Crippen molar-refractivity contribution in [2.75, 3.05) is 41.7 Å². The monoisotopic (exact) mass is 880 g/mol. The Bertz CT molecular complexity index is 1910. The van der Waals surface area contributed by atoms with Crippen molar-refractivity contribution in [1.29, 1.82) is 0 Å². The molecule has 3 N–H and O–H groups in total. The molecule has 2 amide bonds. The first-order chi connectivity index (χ1) is 24.1. The average molecular weight is 884 g/mol. The fourth-order valence-electron chi connectivity index (χ4n) is 5.45. The fourth-order valence-corrected chi connectivity index (χ4v) is 7.08. The number of aldehydes is 2. The van der Waals surface area contributed by atoms with Crippen molar-refractivity contribution < 1.29 is 19.2 Å². The van der Waals surface area contributed by atoms with E-state index in [1.807, 2.05) is 48.5 Å². The molecule has 4 aromatic carbocycles. The molecule has 0 fully saturated rings. The average Bonchev–Trinajstić information content (AvgIpc) is 3.37. The number of amides is 2. The van der Waals surface area contributed by atoms with Gasteiger partial charge in [-0.15, -0.1) is 0 Å². The second-order valence-corrected chi connectivity index (χ2v) is 16.7.